The molecule has 6 nitrogen and oxygen atoms in total. The number of hydrogen-bond acceptors (Lipinski definition) is 4. The summed E-state index contributed by atoms with van der Waals surface area (Å²) >= 11 is 1.73. The maximum Gasteiger partial charge on any atom is 0.326 e. The summed E-state index contributed by atoms with van der Waals surface area (Å²) in [5.74, 6) is -0.260. The van der Waals surface area contributed by atoms with Gasteiger partial charge in [-0.1, -0.05) is 6.07 Å². The zero-order valence-corrected chi connectivity index (χ0v) is 13.5. The van der Waals surface area contributed by atoms with Gasteiger partial charge in [-0.05, 0) is 43.6 Å². The van der Waals surface area contributed by atoms with Crippen molar-refractivity contribution in [2.24, 2.45) is 0 Å². The Labute approximate surface area is 137 Å². The fourth-order valence-corrected chi connectivity index (χ4v) is 3.80. The van der Waals surface area contributed by atoms with Gasteiger partial charge in [-0.15, -0.1) is 11.3 Å². The lowest BCUT2D eigenvalue weighted by atomic mass is 9.97. The average molecular weight is 333 g/mol. The Kier molecular flexibility index (Phi) is 4.76. The molecule has 1 fully saturated rings. The monoisotopic (exact) mass is 333 g/mol. The van der Waals surface area contributed by atoms with Crippen LogP contribution in [0.15, 0.2) is 33.2 Å². The minimum Gasteiger partial charge on any atom is -0.334 e. The zero-order valence-electron chi connectivity index (χ0n) is 12.7. The summed E-state index contributed by atoms with van der Waals surface area (Å²) in [4.78, 5) is 43.1. The van der Waals surface area contributed by atoms with E-state index >= 15 is 0 Å². The van der Waals surface area contributed by atoms with Crippen molar-refractivity contribution in [1.29, 1.82) is 0 Å². The molecule has 1 aliphatic heterocycles. The second kappa shape index (κ2) is 6.95. The molecule has 23 heavy (non-hydrogen) atoms. The number of thiophene rings is 1. The molecule has 1 atom stereocenters. The van der Waals surface area contributed by atoms with Crippen molar-refractivity contribution in [2.75, 3.05) is 6.54 Å². The van der Waals surface area contributed by atoms with Crippen molar-refractivity contribution in [2.45, 2.75) is 38.1 Å². The molecule has 2 aromatic heterocycles. The first kappa shape index (κ1) is 15.7. The highest BCUT2D eigenvalue weighted by Crippen LogP contribution is 2.23. The number of amides is 1. The number of H-pyrrole nitrogens is 2. The van der Waals surface area contributed by atoms with Gasteiger partial charge in [0.25, 0.3) is 11.5 Å². The van der Waals surface area contributed by atoms with Crippen LogP contribution in [0.4, 0.5) is 0 Å². The molecule has 1 unspecified atom stereocenters. The lowest BCUT2D eigenvalue weighted by Crippen LogP contribution is -2.45. The van der Waals surface area contributed by atoms with E-state index in [0.717, 1.165) is 38.2 Å². The molecule has 3 heterocycles. The third kappa shape index (κ3) is 3.79. The van der Waals surface area contributed by atoms with Crippen LogP contribution in [-0.4, -0.2) is 33.4 Å². The van der Waals surface area contributed by atoms with Gasteiger partial charge >= 0.3 is 5.69 Å². The normalized spacial score (nSPS) is 18.1. The van der Waals surface area contributed by atoms with E-state index in [1.807, 2.05) is 11.0 Å². The number of aromatic amines is 2. The van der Waals surface area contributed by atoms with Crippen molar-refractivity contribution < 1.29 is 4.79 Å². The van der Waals surface area contributed by atoms with Crippen LogP contribution in [0.2, 0.25) is 0 Å². The molecule has 0 saturated carbocycles. The summed E-state index contributed by atoms with van der Waals surface area (Å²) in [5.41, 5.74) is -1.13. The number of carbonyl (C=O) groups is 1. The average Bonchev–Trinajstić information content (AvgIpc) is 3.05. The van der Waals surface area contributed by atoms with Gasteiger partial charge in [0.15, 0.2) is 0 Å². The quantitative estimate of drug-likeness (QED) is 0.894. The molecule has 1 saturated heterocycles. The molecule has 7 heteroatoms. The largest absolute Gasteiger partial charge is 0.334 e. The number of hydrogen-bond donors (Lipinski definition) is 2. The van der Waals surface area contributed by atoms with Crippen molar-refractivity contribution in [3.05, 3.63) is 55.0 Å². The summed E-state index contributed by atoms with van der Waals surface area (Å²) in [5, 5.41) is 2.06. The highest BCUT2D eigenvalue weighted by Gasteiger charge is 2.28. The Balaban J connectivity index is 1.75. The summed E-state index contributed by atoms with van der Waals surface area (Å²) < 4.78 is 0. The second-order valence-electron chi connectivity index (χ2n) is 5.77. The van der Waals surface area contributed by atoms with Gasteiger partial charge in [0.1, 0.15) is 5.69 Å². The predicted octanol–water partition coefficient (Wildman–Crippen LogP) is 1.75. The Hall–Kier alpha value is -2.15. The van der Waals surface area contributed by atoms with E-state index in [0.29, 0.717) is 6.54 Å². The van der Waals surface area contributed by atoms with Crippen LogP contribution in [0.5, 0.6) is 0 Å². The maximum absolute atomic E-state index is 12.7. The molecule has 1 amide bonds. The van der Waals surface area contributed by atoms with Gasteiger partial charge in [-0.25, -0.2) is 4.79 Å². The SMILES string of the molecule is O=C(c1cc(=O)[nH]c(=O)[nH]1)N1CCCCC1CCc1cccs1. The molecule has 1 aliphatic rings. The summed E-state index contributed by atoms with van der Waals surface area (Å²) in [6.45, 7) is 0.669. The van der Waals surface area contributed by atoms with E-state index < -0.39 is 11.2 Å². The molecule has 0 aromatic carbocycles. The van der Waals surface area contributed by atoms with Crippen molar-refractivity contribution in [1.82, 2.24) is 14.9 Å². The highest BCUT2D eigenvalue weighted by molar-refractivity contribution is 7.09. The number of aryl methyl sites for hydroxylation is 1. The highest BCUT2D eigenvalue weighted by atomic mass is 32.1. The van der Waals surface area contributed by atoms with E-state index in [1.165, 1.54) is 4.88 Å². The Morgan fingerprint density at radius 3 is 2.91 bits per heavy atom. The first-order chi connectivity index (χ1) is 11.1. The van der Waals surface area contributed by atoms with Gasteiger partial charge < -0.3 is 9.88 Å². The molecule has 0 spiro atoms. The van der Waals surface area contributed by atoms with Gasteiger partial charge in [-0.3, -0.25) is 14.6 Å². The Morgan fingerprint density at radius 2 is 2.17 bits per heavy atom. The molecule has 0 radical (unpaired) electrons. The topological polar surface area (TPSA) is 86.0 Å². The number of nitrogens with one attached hydrogen (secondary N) is 2. The molecule has 3 rings (SSSR count). The predicted molar refractivity (Wildman–Crippen MR) is 89.0 cm³/mol. The molecule has 2 aromatic rings. The third-order valence-corrected chi connectivity index (χ3v) is 5.12. The van der Waals surface area contributed by atoms with E-state index in [-0.39, 0.29) is 17.6 Å². The zero-order chi connectivity index (χ0) is 16.2. The van der Waals surface area contributed by atoms with E-state index in [1.54, 1.807) is 11.3 Å². The van der Waals surface area contributed by atoms with Crippen LogP contribution in [0, 0.1) is 0 Å². The molecular formula is C16H19N3O3S. The summed E-state index contributed by atoms with van der Waals surface area (Å²) in [6, 6.07) is 5.45. The number of carbonyl (C=O) groups excluding carboxylic acids is 1. The molecule has 0 aliphatic carbocycles. The van der Waals surface area contributed by atoms with E-state index in [2.05, 4.69) is 21.4 Å². The van der Waals surface area contributed by atoms with E-state index in [9.17, 15) is 14.4 Å². The minimum atomic E-state index is -0.645. The fourth-order valence-electron chi connectivity index (χ4n) is 3.07. The van der Waals surface area contributed by atoms with Gasteiger partial charge in [0.2, 0.25) is 0 Å². The lowest BCUT2D eigenvalue weighted by Gasteiger charge is -2.35. The standard InChI is InChI=1S/C16H19N3O3S/c20-14-10-13(17-16(22)18-14)15(21)19-8-2-1-4-11(19)6-7-12-5-3-9-23-12/h3,5,9-11H,1-2,4,6-8H2,(H2,17,18,20,22). The summed E-state index contributed by atoms with van der Waals surface area (Å²) in [7, 11) is 0. The first-order valence-corrected chi connectivity index (χ1v) is 8.68. The summed E-state index contributed by atoms with van der Waals surface area (Å²) in [6.07, 6.45) is 4.86. The van der Waals surface area contributed by atoms with Gasteiger partial charge in [-0.2, -0.15) is 0 Å². The lowest BCUT2D eigenvalue weighted by molar-refractivity contribution is 0.0595. The Morgan fingerprint density at radius 1 is 1.30 bits per heavy atom. The number of aromatic nitrogens is 2. The number of likely N-dealkylation sites (tertiary alicyclic amines) is 1. The van der Waals surface area contributed by atoms with Crippen molar-refractivity contribution in [3.8, 4) is 0 Å². The van der Waals surface area contributed by atoms with Gasteiger partial charge in [0, 0.05) is 23.5 Å². The van der Waals surface area contributed by atoms with E-state index in [4.69, 9.17) is 0 Å². The van der Waals surface area contributed by atoms with Crippen LogP contribution in [-0.2, 0) is 6.42 Å². The van der Waals surface area contributed by atoms with Crippen LogP contribution in [0.1, 0.15) is 41.0 Å². The van der Waals surface area contributed by atoms with Crippen LogP contribution >= 0.6 is 11.3 Å². The third-order valence-electron chi connectivity index (χ3n) is 4.18. The second-order valence-corrected chi connectivity index (χ2v) is 6.80. The van der Waals surface area contributed by atoms with Crippen LogP contribution in [0.3, 0.4) is 0 Å². The fraction of sp³-hybridized carbons (Fsp3) is 0.438. The Bertz CT molecular complexity index is 750. The minimum absolute atomic E-state index is 0.0711. The molecule has 2 N–H and O–H groups in total. The first-order valence-electron chi connectivity index (χ1n) is 7.80. The van der Waals surface area contributed by atoms with Crippen molar-refractivity contribution in [3.63, 3.8) is 0 Å². The van der Waals surface area contributed by atoms with Crippen molar-refractivity contribution >= 4 is 17.2 Å². The molecule has 0 bridgehead atoms. The van der Waals surface area contributed by atoms with Crippen LogP contribution in [0.25, 0.3) is 0 Å². The number of nitrogens with zero attached hydrogens (tertiary/aromatic N) is 1. The van der Waals surface area contributed by atoms with Gasteiger partial charge in [0.05, 0.1) is 0 Å². The number of rotatable bonds is 4. The molecule has 122 valence electrons. The molecular weight excluding hydrogens is 314 g/mol. The smallest absolute Gasteiger partial charge is 0.326 e. The maximum atomic E-state index is 12.7. The van der Waals surface area contributed by atoms with Crippen LogP contribution < -0.4 is 11.2 Å². The number of piperidine rings is 1.